The number of hydrogen-bond donors (Lipinski definition) is 2. The molecule has 0 radical (unpaired) electrons. The molecule has 1 aliphatic carbocycles. The fourth-order valence-electron chi connectivity index (χ4n) is 4.89. The molecule has 1 amide bonds. The first-order valence-electron chi connectivity index (χ1n) is 13.1. The molecule has 0 unspecified atom stereocenters. The van der Waals surface area contributed by atoms with Crippen LogP contribution in [0.5, 0.6) is 5.75 Å². The summed E-state index contributed by atoms with van der Waals surface area (Å²) in [5.74, 6) is 2.27. The van der Waals surface area contributed by atoms with Crippen LogP contribution >= 0.6 is 0 Å². The van der Waals surface area contributed by atoms with Crippen molar-refractivity contribution in [1.29, 1.82) is 0 Å². The number of amides is 1. The Labute approximate surface area is 226 Å². The van der Waals surface area contributed by atoms with E-state index in [-0.39, 0.29) is 5.91 Å². The highest BCUT2D eigenvalue weighted by molar-refractivity contribution is 5.94. The summed E-state index contributed by atoms with van der Waals surface area (Å²) in [5.41, 5.74) is 10.8. The van der Waals surface area contributed by atoms with Crippen LogP contribution in [-0.2, 0) is 19.6 Å². The monoisotopic (exact) mass is 521 g/mol. The standard InChI is InChI=1S/C30H31N7O2/c1-19-13-34-37(15-19)17-21-5-3-20(4-6-21)16-36-18-26(35-29(36)22-7-8-22)30(38)33-14-24-11-23-9-10-32-28(31)25(23)12-27(24)39-2/h3-6,9-13,15,18,22H,7-8,14,16-17H2,1-2H3,(H2,31,32)(H,33,38). The van der Waals surface area contributed by atoms with Gasteiger partial charge in [-0.25, -0.2) is 9.97 Å². The molecule has 9 nitrogen and oxygen atoms in total. The predicted molar refractivity (Wildman–Crippen MR) is 150 cm³/mol. The third-order valence-corrected chi connectivity index (χ3v) is 7.10. The maximum absolute atomic E-state index is 13.2. The lowest BCUT2D eigenvalue weighted by atomic mass is 10.1. The number of anilines is 1. The van der Waals surface area contributed by atoms with E-state index in [0.29, 0.717) is 36.3 Å². The Bertz CT molecular complexity index is 1650. The molecule has 2 aromatic carbocycles. The molecule has 6 rings (SSSR count). The van der Waals surface area contributed by atoms with Crippen molar-refractivity contribution in [2.24, 2.45) is 0 Å². The molecule has 5 aromatic rings. The van der Waals surface area contributed by atoms with E-state index >= 15 is 0 Å². The van der Waals surface area contributed by atoms with Crippen LogP contribution in [0.2, 0.25) is 0 Å². The minimum absolute atomic E-state index is 0.211. The number of ether oxygens (including phenoxy) is 1. The van der Waals surface area contributed by atoms with Crippen molar-refractivity contribution in [3.8, 4) is 5.75 Å². The molecule has 0 saturated heterocycles. The zero-order valence-electron chi connectivity index (χ0n) is 22.1. The van der Waals surface area contributed by atoms with Crippen LogP contribution in [-0.4, -0.2) is 37.3 Å². The first-order chi connectivity index (χ1) is 19.0. The molecule has 1 fully saturated rings. The van der Waals surface area contributed by atoms with Crippen LogP contribution in [0.4, 0.5) is 5.82 Å². The average Bonchev–Trinajstić information content (AvgIpc) is 3.57. The lowest BCUT2D eigenvalue weighted by Crippen LogP contribution is -2.23. The summed E-state index contributed by atoms with van der Waals surface area (Å²) in [6, 6.07) is 14.3. The smallest absolute Gasteiger partial charge is 0.271 e. The minimum Gasteiger partial charge on any atom is -0.496 e. The first-order valence-corrected chi connectivity index (χ1v) is 13.1. The molecule has 0 aliphatic heterocycles. The molecule has 0 atom stereocenters. The Morgan fingerprint density at radius 1 is 1.10 bits per heavy atom. The average molecular weight is 522 g/mol. The first kappa shape index (κ1) is 24.7. The molecule has 0 bridgehead atoms. The Morgan fingerprint density at radius 2 is 1.87 bits per heavy atom. The lowest BCUT2D eigenvalue weighted by molar-refractivity contribution is 0.0946. The summed E-state index contributed by atoms with van der Waals surface area (Å²) in [6.07, 6.45) is 9.66. The zero-order chi connectivity index (χ0) is 26.9. The van der Waals surface area contributed by atoms with E-state index in [1.165, 1.54) is 5.56 Å². The summed E-state index contributed by atoms with van der Waals surface area (Å²) in [4.78, 5) is 22.0. The lowest BCUT2D eigenvalue weighted by Gasteiger charge is -2.12. The number of fused-ring (bicyclic) bond motifs is 1. The third-order valence-electron chi connectivity index (χ3n) is 7.10. The van der Waals surface area contributed by atoms with Gasteiger partial charge < -0.3 is 20.4 Å². The van der Waals surface area contributed by atoms with Gasteiger partial charge in [0, 0.05) is 48.5 Å². The molecule has 39 heavy (non-hydrogen) atoms. The van der Waals surface area contributed by atoms with E-state index in [9.17, 15) is 4.79 Å². The van der Waals surface area contributed by atoms with Crippen LogP contribution < -0.4 is 15.8 Å². The number of imidazole rings is 1. The van der Waals surface area contributed by atoms with Gasteiger partial charge in [-0.1, -0.05) is 24.3 Å². The highest BCUT2D eigenvalue weighted by Gasteiger charge is 2.30. The number of carbonyl (C=O) groups excluding carboxylic acids is 1. The molecule has 3 heterocycles. The second kappa shape index (κ2) is 10.2. The summed E-state index contributed by atoms with van der Waals surface area (Å²) >= 11 is 0. The SMILES string of the molecule is COc1cc2c(N)nccc2cc1CNC(=O)c1cn(Cc2ccc(Cn3cc(C)cn3)cc2)c(C2CC2)n1. The number of benzene rings is 2. The van der Waals surface area contributed by atoms with Gasteiger partial charge in [-0.15, -0.1) is 0 Å². The number of hydrogen-bond acceptors (Lipinski definition) is 6. The highest BCUT2D eigenvalue weighted by Crippen LogP contribution is 2.39. The van der Waals surface area contributed by atoms with E-state index in [2.05, 4.69) is 44.2 Å². The van der Waals surface area contributed by atoms with Crippen molar-refractivity contribution in [2.75, 3.05) is 12.8 Å². The number of pyridine rings is 1. The number of aryl methyl sites for hydroxylation is 1. The van der Waals surface area contributed by atoms with E-state index in [1.54, 1.807) is 13.3 Å². The number of nitrogens with one attached hydrogen (secondary N) is 1. The summed E-state index contributed by atoms with van der Waals surface area (Å²) in [5, 5.41) is 9.15. The van der Waals surface area contributed by atoms with Gasteiger partial charge in [-0.3, -0.25) is 9.48 Å². The van der Waals surface area contributed by atoms with Crippen LogP contribution in [0.15, 0.2) is 67.3 Å². The molecular weight excluding hydrogens is 490 g/mol. The fourth-order valence-corrected chi connectivity index (χ4v) is 4.89. The molecule has 3 N–H and O–H groups in total. The summed E-state index contributed by atoms with van der Waals surface area (Å²) in [7, 11) is 1.60. The number of nitrogens with zero attached hydrogens (tertiary/aromatic N) is 5. The van der Waals surface area contributed by atoms with Crippen molar-refractivity contribution in [2.45, 2.75) is 45.3 Å². The molecule has 9 heteroatoms. The van der Waals surface area contributed by atoms with E-state index < -0.39 is 0 Å². The van der Waals surface area contributed by atoms with Crippen LogP contribution in [0, 0.1) is 6.92 Å². The topological polar surface area (TPSA) is 113 Å². The van der Waals surface area contributed by atoms with Crippen molar-refractivity contribution in [3.05, 3.63) is 101 Å². The molecule has 3 aromatic heterocycles. The van der Waals surface area contributed by atoms with Gasteiger partial charge in [0.25, 0.3) is 5.91 Å². The van der Waals surface area contributed by atoms with E-state index in [0.717, 1.165) is 52.7 Å². The van der Waals surface area contributed by atoms with Gasteiger partial charge in [0.2, 0.25) is 0 Å². The predicted octanol–water partition coefficient (Wildman–Crippen LogP) is 4.43. The van der Waals surface area contributed by atoms with Gasteiger partial charge in [0.15, 0.2) is 0 Å². The van der Waals surface area contributed by atoms with Crippen molar-refractivity contribution < 1.29 is 9.53 Å². The number of aromatic nitrogens is 5. The Hall–Kier alpha value is -4.66. The Balaban J connectivity index is 1.16. The molecule has 198 valence electrons. The van der Waals surface area contributed by atoms with Gasteiger partial charge in [0.05, 0.1) is 19.9 Å². The van der Waals surface area contributed by atoms with E-state index in [1.807, 2.05) is 48.4 Å². The van der Waals surface area contributed by atoms with Crippen molar-refractivity contribution >= 4 is 22.5 Å². The van der Waals surface area contributed by atoms with Crippen molar-refractivity contribution in [1.82, 2.24) is 29.6 Å². The minimum atomic E-state index is -0.211. The normalized spacial score (nSPS) is 13.1. The number of carbonyl (C=O) groups is 1. The summed E-state index contributed by atoms with van der Waals surface area (Å²) < 4.78 is 9.62. The van der Waals surface area contributed by atoms with Gasteiger partial charge in [0.1, 0.15) is 23.1 Å². The number of rotatable bonds is 9. The number of nitrogen functional groups attached to an aromatic ring is 1. The highest BCUT2D eigenvalue weighted by atomic mass is 16.5. The number of nitrogens with two attached hydrogens (primary N) is 1. The second-order valence-electron chi connectivity index (χ2n) is 10.2. The van der Waals surface area contributed by atoms with E-state index in [4.69, 9.17) is 15.5 Å². The molecule has 1 aliphatic rings. The maximum Gasteiger partial charge on any atom is 0.271 e. The molecule has 0 spiro atoms. The van der Waals surface area contributed by atoms with Gasteiger partial charge >= 0.3 is 0 Å². The summed E-state index contributed by atoms with van der Waals surface area (Å²) in [6.45, 7) is 3.76. The Morgan fingerprint density at radius 3 is 2.56 bits per heavy atom. The van der Waals surface area contributed by atoms with Crippen molar-refractivity contribution in [3.63, 3.8) is 0 Å². The van der Waals surface area contributed by atoms with Gasteiger partial charge in [-0.05, 0) is 60.0 Å². The Kier molecular flexibility index (Phi) is 6.48. The third kappa shape index (κ3) is 5.34. The number of methoxy groups -OCH3 is 1. The van der Waals surface area contributed by atoms with Gasteiger partial charge in [-0.2, -0.15) is 5.10 Å². The van der Waals surface area contributed by atoms with Crippen LogP contribution in [0.1, 0.15) is 57.3 Å². The zero-order valence-corrected chi connectivity index (χ0v) is 22.1. The van der Waals surface area contributed by atoms with Crippen LogP contribution in [0.25, 0.3) is 10.8 Å². The maximum atomic E-state index is 13.2. The molecule has 1 saturated carbocycles. The molecular formula is C30H31N7O2. The fraction of sp³-hybridized carbons (Fsp3) is 0.267. The second-order valence-corrected chi connectivity index (χ2v) is 10.2. The van der Waals surface area contributed by atoms with Crippen LogP contribution in [0.3, 0.4) is 0 Å². The quantitative estimate of drug-likeness (QED) is 0.297. The largest absolute Gasteiger partial charge is 0.496 e.